The molecule has 0 saturated carbocycles. The molecule has 4 heteroatoms. The smallest absolute Gasteiger partial charge is 0.145 e. The Morgan fingerprint density at radius 2 is 1.79 bits per heavy atom. The topological polar surface area (TPSA) is 60.0 Å². The molecule has 1 aromatic rings. The van der Waals surface area contributed by atoms with Crippen molar-refractivity contribution in [2.24, 2.45) is 0 Å². The van der Waals surface area contributed by atoms with E-state index in [0.29, 0.717) is 0 Å². The molecule has 1 rings (SSSR count). The Kier molecular flexibility index (Phi) is 5.08. The lowest BCUT2D eigenvalue weighted by molar-refractivity contribution is 0.412. The molecule has 0 amide bonds. The maximum absolute atomic E-state index is 6.00. The van der Waals surface area contributed by atoms with Crippen molar-refractivity contribution in [2.75, 3.05) is 26.1 Å². The minimum absolute atomic E-state index is 0.961. The van der Waals surface area contributed by atoms with Gasteiger partial charge in [-0.3, -0.25) is 0 Å². The van der Waals surface area contributed by atoms with E-state index >= 15 is 0 Å². The number of aryl methyl sites for hydroxylation is 1. The van der Waals surface area contributed by atoms with Gasteiger partial charge in [-0.1, -0.05) is 12.1 Å². The Morgan fingerprint density at radius 3 is 2.14 bits per heavy atom. The highest BCUT2D eigenvalue weighted by atomic mass is 16.5. The fourth-order valence-electron chi connectivity index (χ4n) is 1.25. The summed E-state index contributed by atoms with van der Waals surface area (Å²) in [5, 5.41) is 12.0. The van der Waals surface area contributed by atoms with E-state index in [1.54, 1.807) is 7.11 Å². The maximum atomic E-state index is 6.00. The molecule has 0 radical (unpaired) electrons. The fraction of sp³-hybridized carbons (Fsp3) is 0.400. The highest BCUT2D eigenvalue weighted by Gasteiger charge is 2.05. The Balaban J connectivity index is 0.000000791. The first-order valence-corrected chi connectivity index (χ1v) is 4.17. The lowest BCUT2D eigenvalue weighted by Crippen LogP contribution is -2.10. The van der Waals surface area contributed by atoms with Crippen molar-refractivity contribution < 1.29 is 4.74 Å². The van der Waals surface area contributed by atoms with Gasteiger partial charge >= 0.3 is 0 Å². The van der Waals surface area contributed by atoms with Crippen LogP contribution in [0.15, 0.2) is 18.2 Å². The van der Waals surface area contributed by atoms with Crippen molar-refractivity contribution in [1.29, 1.82) is 10.8 Å². The summed E-state index contributed by atoms with van der Waals surface area (Å²) in [6.07, 6.45) is 0. The van der Waals surface area contributed by atoms with E-state index in [9.17, 15) is 0 Å². The van der Waals surface area contributed by atoms with Crippen LogP contribution in [0.4, 0.5) is 5.69 Å². The number of anilines is 1. The maximum Gasteiger partial charge on any atom is 0.145 e. The zero-order chi connectivity index (χ0) is 11.1. The molecule has 4 nitrogen and oxygen atoms in total. The van der Waals surface area contributed by atoms with Crippen molar-refractivity contribution in [1.82, 2.24) is 0 Å². The Morgan fingerprint density at radius 1 is 1.21 bits per heavy atom. The Labute approximate surface area is 84.5 Å². The summed E-state index contributed by atoms with van der Waals surface area (Å²) in [7, 11) is 5.73. The van der Waals surface area contributed by atoms with Crippen LogP contribution < -0.4 is 9.64 Å². The molecular weight excluding hydrogens is 178 g/mol. The van der Waals surface area contributed by atoms with Crippen molar-refractivity contribution >= 4 is 5.69 Å². The van der Waals surface area contributed by atoms with Gasteiger partial charge in [0.15, 0.2) is 0 Å². The lowest BCUT2D eigenvalue weighted by Gasteiger charge is -2.17. The van der Waals surface area contributed by atoms with Crippen molar-refractivity contribution in [3.05, 3.63) is 23.8 Å². The molecule has 0 aliphatic heterocycles. The quantitative estimate of drug-likeness (QED) is 0.675. The second kappa shape index (κ2) is 5.81. The summed E-state index contributed by atoms with van der Waals surface area (Å²) < 4.78 is 5.30. The molecule has 0 aliphatic carbocycles. The molecule has 0 aliphatic rings. The van der Waals surface area contributed by atoms with E-state index in [-0.39, 0.29) is 0 Å². The molecule has 0 aromatic heterocycles. The van der Waals surface area contributed by atoms with Gasteiger partial charge < -0.3 is 9.64 Å². The molecular formula is C10H15N3O. The third-order valence-corrected chi connectivity index (χ3v) is 1.88. The molecule has 0 N–H and O–H groups in total. The summed E-state index contributed by atoms with van der Waals surface area (Å²) in [4.78, 5) is 2.05. The summed E-state index contributed by atoms with van der Waals surface area (Å²) in [5.41, 5.74) is 2.29. The zero-order valence-electron chi connectivity index (χ0n) is 8.98. The van der Waals surface area contributed by atoms with Gasteiger partial charge in [-0.05, 0) is 18.6 Å². The first-order chi connectivity index (χ1) is 6.66. The zero-order valence-corrected chi connectivity index (χ0v) is 8.98. The molecule has 76 valence electrons. The summed E-state index contributed by atoms with van der Waals surface area (Å²) in [6.45, 7) is 2.05. The normalized spacial score (nSPS) is 8.43. The number of benzene rings is 1. The van der Waals surface area contributed by atoms with Gasteiger partial charge in [-0.15, -0.1) is 0 Å². The van der Waals surface area contributed by atoms with Gasteiger partial charge in [0.1, 0.15) is 5.75 Å². The second-order valence-corrected chi connectivity index (χ2v) is 3.02. The third-order valence-electron chi connectivity index (χ3n) is 1.88. The average molecular weight is 193 g/mol. The van der Waals surface area contributed by atoms with Crippen LogP contribution in [0.3, 0.4) is 0 Å². The summed E-state index contributed by atoms with van der Waals surface area (Å²) in [5.74, 6) is 0.961. The van der Waals surface area contributed by atoms with E-state index in [4.69, 9.17) is 15.5 Å². The number of nitrogens with zero attached hydrogens (tertiary/aromatic N) is 3. The van der Waals surface area contributed by atoms with Crippen LogP contribution in [0.5, 0.6) is 5.75 Å². The van der Waals surface area contributed by atoms with E-state index in [0.717, 1.165) is 11.4 Å². The van der Waals surface area contributed by atoms with Crippen LogP contribution >= 0.6 is 0 Å². The van der Waals surface area contributed by atoms with Crippen LogP contribution in [0.2, 0.25) is 0 Å². The highest BCUT2D eigenvalue weighted by Crippen LogP contribution is 2.29. The van der Waals surface area contributed by atoms with Crippen molar-refractivity contribution in [3.63, 3.8) is 0 Å². The SMILES string of the molecule is COc1c(C)cccc1N(C)C.N#N. The Bertz CT molecular complexity index is 307. The van der Waals surface area contributed by atoms with E-state index in [1.807, 2.05) is 44.1 Å². The Hall–Kier alpha value is -1.76. The minimum atomic E-state index is 0.961. The summed E-state index contributed by atoms with van der Waals surface area (Å²) in [6, 6.07) is 6.13. The average Bonchev–Trinajstić information content (AvgIpc) is 2.20. The number of rotatable bonds is 2. The van der Waals surface area contributed by atoms with Gasteiger partial charge in [-0.2, -0.15) is 0 Å². The molecule has 0 unspecified atom stereocenters. The van der Waals surface area contributed by atoms with Crippen LogP contribution in [0.1, 0.15) is 5.56 Å². The fourth-order valence-corrected chi connectivity index (χ4v) is 1.25. The van der Waals surface area contributed by atoms with Gasteiger partial charge in [0.25, 0.3) is 0 Å². The number of hydrogen-bond acceptors (Lipinski definition) is 4. The second-order valence-electron chi connectivity index (χ2n) is 3.02. The van der Waals surface area contributed by atoms with Crippen LogP contribution in [0, 0.1) is 17.7 Å². The van der Waals surface area contributed by atoms with Crippen molar-refractivity contribution in [2.45, 2.75) is 6.92 Å². The molecule has 0 spiro atoms. The lowest BCUT2D eigenvalue weighted by atomic mass is 10.2. The monoisotopic (exact) mass is 193 g/mol. The van der Waals surface area contributed by atoms with Crippen LogP contribution in [-0.4, -0.2) is 21.2 Å². The molecule has 0 atom stereocenters. The van der Waals surface area contributed by atoms with Gasteiger partial charge in [0.05, 0.1) is 12.8 Å². The van der Waals surface area contributed by atoms with E-state index < -0.39 is 0 Å². The van der Waals surface area contributed by atoms with Gasteiger partial charge in [-0.25, -0.2) is 0 Å². The first-order valence-electron chi connectivity index (χ1n) is 4.17. The highest BCUT2D eigenvalue weighted by molar-refractivity contribution is 5.60. The largest absolute Gasteiger partial charge is 0.494 e. The number of ether oxygens (including phenoxy) is 1. The van der Waals surface area contributed by atoms with Crippen LogP contribution in [-0.2, 0) is 0 Å². The predicted molar refractivity (Wildman–Crippen MR) is 55.5 cm³/mol. The van der Waals surface area contributed by atoms with Crippen molar-refractivity contribution in [3.8, 4) is 5.75 Å². The standard InChI is InChI=1S/C10H15NO.N2/c1-8-6-5-7-9(11(2)3)10(8)12-4;1-2/h5-7H,1-4H3;. The molecule has 0 saturated heterocycles. The van der Waals surface area contributed by atoms with E-state index in [2.05, 4.69) is 0 Å². The van der Waals surface area contributed by atoms with E-state index in [1.165, 1.54) is 5.56 Å². The predicted octanol–water partition coefficient (Wildman–Crippen LogP) is 2.10. The third kappa shape index (κ3) is 2.63. The van der Waals surface area contributed by atoms with Gasteiger partial charge in [0.2, 0.25) is 0 Å². The number of hydrogen-bond donors (Lipinski definition) is 0. The number of para-hydroxylation sites is 1. The molecule has 0 heterocycles. The molecule has 0 bridgehead atoms. The molecule has 0 fully saturated rings. The number of methoxy groups -OCH3 is 1. The first kappa shape index (κ1) is 12.2. The van der Waals surface area contributed by atoms with Gasteiger partial charge in [0, 0.05) is 24.9 Å². The minimum Gasteiger partial charge on any atom is -0.494 e. The molecule has 14 heavy (non-hydrogen) atoms. The summed E-state index contributed by atoms with van der Waals surface area (Å²) >= 11 is 0. The molecule has 1 aromatic carbocycles. The van der Waals surface area contributed by atoms with Crippen LogP contribution in [0.25, 0.3) is 0 Å².